The number of benzene rings is 1. The zero-order valence-corrected chi connectivity index (χ0v) is 16.0. The van der Waals surface area contributed by atoms with E-state index >= 15 is 0 Å². The Bertz CT molecular complexity index is 722. The molecule has 2 atom stereocenters. The molecule has 27 heavy (non-hydrogen) atoms. The first-order valence-electron chi connectivity index (χ1n) is 9.94. The van der Waals surface area contributed by atoms with Crippen molar-refractivity contribution in [3.8, 4) is 5.75 Å². The van der Waals surface area contributed by atoms with Crippen LogP contribution in [0, 0.1) is 5.41 Å². The van der Waals surface area contributed by atoms with Gasteiger partial charge in [-0.15, -0.1) is 0 Å². The third-order valence-electron chi connectivity index (χ3n) is 5.09. The number of aliphatic hydroxyl groups is 1. The van der Waals surface area contributed by atoms with Crippen molar-refractivity contribution in [2.24, 2.45) is 5.73 Å². The van der Waals surface area contributed by atoms with Gasteiger partial charge >= 0.3 is 0 Å². The second-order valence-corrected chi connectivity index (χ2v) is 7.17. The summed E-state index contributed by atoms with van der Waals surface area (Å²) in [5.41, 5.74) is 8.74. The van der Waals surface area contributed by atoms with E-state index in [9.17, 15) is 5.11 Å². The molecule has 1 aromatic rings. The molecule has 2 unspecified atom stereocenters. The molecule has 3 rings (SSSR count). The van der Waals surface area contributed by atoms with Crippen LogP contribution in [0.4, 0.5) is 0 Å². The van der Waals surface area contributed by atoms with E-state index < -0.39 is 6.10 Å². The van der Waals surface area contributed by atoms with Crippen molar-refractivity contribution < 1.29 is 14.6 Å². The maximum atomic E-state index is 11.1. The number of nitrogens with two attached hydrogens (primary N) is 1. The van der Waals surface area contributed by atoms with E-state index in [0.29, 0.717) is 18.9 Å². The predicted molar refractivity (Wildman–Crippen MR) is 107 cm³/mol. The van der Waals surface area contributed by atoms with E-state index in [4.69, 9.17) is 20.6 Å². The normalized spacial score (nSPS) is 20.2. The third kappa shape index (κ3) is 4.60. The van der Waals surface area contributed by atoms with Crippen LogP contribution in [0.2, 0.25) is 0 Å². The average Bonchev–Trinajstić information content (AvgIpc) is 3.04. The van der Waals surface area contributed by atoms with Crippen molar-refractivity contribution in [3.63, 3.8) is 0 Å². The first-order chi connectivity index (χ1) is 13.1. The monoisotopic (exact) mass is 370 g/mol. The van der Waals surface area contributed by atoms with Crippen molar-refractivity contribution in [1.82, 2.24) is 0 Å². The van der Waals surface area contributed by atoms with Crippen LogP contribution in [0.15, 0.2) is 47.2 Å². The molecule has 4 N–H and O–H groups in total. The summed E-state index contributed by atoms with van der Waals surface area (Å²) in [5.74, 6) is 1.66. The Balaban J connectivity index is 1.82. The van der Waals surface area contributed by atoms with Crippen LogP contribution >= 0.6 is 0 Å². The lowest BCUT2D eigenvalue weighted by Gasteiger charge is -2.20. The minimum atomic E-state index is -0.753. The molecule has 0 spiro atoms. The molecular formula is C22H30N2O3. The smallest absolute Gasteiger partial charge is 0.124 e. The van der Waals surface area contributed by atoms with Gasteiger partial charge in [0.15, 0.2) is 0 Å². The standard InChI is InChI=1S/C22H30N2O3/c1-2-3-5-20-21(18-14-16(24)8-11-19(18)27-20)22(25)15-6-9-17(10-7-15)26-13-4-12-23/h6-7,9-10,14,19,22,24-25H,2-5,8,11-13,23H2,1H3. The van der Waals surface area contributed by atoms with Crippen LogP contribution in [0.3, 0.4) is 0 Å². The van der Waals surface area contributed by atoms with Crippen LogP contribution < -0.4 is 10.5 Å². The SMILES string of the molecule is CCCCC1=C(C(O)c2ccc(OCCCN)cc2)C2=CC(=N)CCC2O1. The topological polar surface area (TPSA) is 88.6 Å². The minimum Gasteiger partial charge on any atom is -0.494 e. The van der Waals surface area contributed by atoms with Gasteiger partial charge in [-0.25, -0.2) is 0 Å². The van der Waals surface area contributed by atoms with E-state index in [1.807, 2.05) is 30.3 Å². The Kier molecular flexibility index (Phi) is 6.69. The first kappa shape index (κ1) is 19.6. The molecule has 0 bridgehead atoms. The fourth-order valence-electron chi connectivity index (χ4n) is 3.59. The zero-order chi connectivity index (χ0) is 19.2. The molecule has 5 heteroatoms. The maximum absolute atomic E-state index is 11.1. The number of hydrogen-bond donors (Lipinski definition) is 3. The average molecular weight is 370 g/mol. The lowest BCUT2D eigenvalue weighted by atomic mass is 9.86. The molecule has 2 aliphatic rings. The highest BCUT2D eigenvalue weighted by atomic mass is 16.5. The Morgan fingerprint density at radius 3 is 2.78 bits per heavy atom. The molecule has 0 aromatic heterocycles. The summed E-state index contributed by atoms with van der Waals surface area (Å²) >= 11 is 0. The van der Waals surface area contributed by atoms with Crippen LogP contribution in [0.25, 0.3) is 0 Å². The first-order valence-corrected chi connectivity index (χ1v) is 9.94. The number of rotatable bonds is 9. The largest absolute Gasteiger partial charge is 0.494 e. The van der Waals surface area contributed by atoms with Gasteiger partial charge in [-0.1, -0.05) is 25.5 Å². The lowest BCUT2D eigenvalue weighted by Crippen LogP contribution is -2.18. The highest BCUT2D eigenvalue weighted by Crippen LogP contribution is 2.43. The Morgan fingerprint density at radius 1 is 1.30 bits per heavy atom. The summed E-state index contributed by atoms with van der Waals surface area (Å²) in [6.45, 7) is 3.35. The van der Waals surface area contributed by atoms with Gasteiger partial charge in [-0.2, -0.15) is 0 Å². The number of aliphatic hydroxyl groups excluding tert-OH is 1. The third-order valence-corrected chi connectivity index (χ3v) is 5.09. The summed E-state index contributed by atoms with van der Waals surface area (Å²) in [7, 11) is 0. The highest BCUT2D eigenvalue weighted by Gasteiger charge is 2.37. The van der Waals surface area contributed by atoms with Crippen molar-refractivity contribution in [2.75, 3.05) is 13.2 Å². The molecule has 1 heterocycles. The van der Waals surface area contributed by atoms with Gasteiger partial charge in [0.05, 0.1) is 6.61 Å². The molecule has 0 saturated heterocycles. The Hall–Kier alpha value is -2.11. The van der Waals surface area contributed by atoms with Gasteiger partial charge in [-0.05, 0) is 56.0 Å². The summed E-state index contributed by atoms with van der Waals surface area (Å²) in [5, 5.41) is 19.1. The van der Waals surface area contributed by atoms with Crippen molar-refractivity contribution >= 4 is 5.71 Å². The molecular weight excluding hydrogens is 340 g/mol. The molecule has 1 aliphatic carbocycles. The highest BCUT2D eigenvalue weighted by molar-refractivity contribution is 5.95. The van der Waals surface area contributed by atoms with Crippen LogP contribution in [-0.4, -0.2) is 30.1 Å². The molecule has 0 saturated carbocycles. The summed E-state index contributed by atoms with van der Waals surface area (Å²) in [6, 6.07) is 7.56. The number of hydrogen-bond acceptors (Lipinski definition) is 5. The van der Waals surface area contributed by atoms with Gasteiger partial charge in [0.25, 0.3) is 0 Å². The van der Waals surface area contributed by atoms with Crippen LogP contribution in [-0.2, 0) is 4.74 Å². The predicted octanol–water partition coefficient (Wildman–Crippen LogP) is 4.03. The van der Waals surface area contributed by atoms with E-state index in [2.05, 4.69) is 6.92 Å². The minimum absolute atomic E-state index is 0.0190. The second-order valence-electron chi connectivity index (χ2n) is 7.17. The number of fused-ring (bicyclic) bond motifs is 1. The molecule has 0 amide bonds. The summed E-state index contributed by atoms with van der Waals surface area (Å²) in [6.07, 6.45) is 6.39. The van der Waals surface area contributed by atoms with E-state index in [1.54, 1.807) is 0 Å². The summed E-state index contributed by atoms with van der Waals surface area (Å²) < 4.78 is 11.8. The number of ether oxygens (including phenoxy) is 2. The van der Waals surface area contributed by atoms with Gasteiger partial charge in [0, 0.05) is 23.3 Å². The van der Waals surface area contributed by atoms with Gasteiger partial charge < -0.3 is 25.7 Å². The Morgan fingerprint density at radius 2 is 2.07 bits per heavy atom. The van der Waals surface area contributed by atoms with Crippen molar-refractivity contribution in [3.05, 3.63) is 52.8 Å². The quantitative estimate of drug-likeness (QED) is 0.573. The number of nitrogens with one attached hydrogen (secondary N) is 1. The maximum Gasteiger partial charge on any atom is 0.124 e. The molecule has 0 radical (unpaired) electrons. The van der Waals surface area contributed by atoms with Crippen molar-refractivity contribution in [1.29, 1.82) is 5.41 Å². The van der Waals surface area contributed by atoms with Crippen LogP contribution in [0.5, 0.6) is 5.75 Å². The fourth-order valence-corrected chi connectivity index (χ4v) is 3.59. The second kappa shape index (κ2) is 9.20. The molecule has 1 aromatic carbocycles. The van der Waals surface area contributed by atoms with E-state index in [1.165, 1.54) is 0 Å². The van der Waals surface area contributed by atoms with E-state index in [0.717, 1.165) is 66.7 Å². The van der Waals surface area contributed by atoms with Crippen LogP contribution in [0.1, 0.15) is 57.1 Å². The Labute approximate surface area is 161 Å². The zero-order valence-electron chi connectivity index (χ0n) is 16.0. The van der Waals surface area contributed by atoms with E-state index in [-0.39, 0.29) is 6.10 Å². The van der Waals surface area contributed by atoms with Gasteiger partial charge in [0.2, 0.25) is 0 Å². The molecule has 5 nitrogen and oxygen atoms in total. The number of allylic oxidation sites excluding steroid dienone is 2. The fraction of sp³-hybridized carbons (Fsp3) is 0.500. The van der Waals surface area contributed by atoms with Gasteiger partial charge in [-0.3, -0.25) is 0 Å². The molecule has 0 fully saturated rings. The molecule has 1 aliphatic heterocycles. The number of unbranched alkanes of at least 4 members (excludes halogenated alkanes) is 1. The van der Waals surface area contributed by atoms with Crippen molar-refractivity contribution in [2.45, 2.75) is 57.7 Å². The molecule has 146 valence electrons. The summed E-state index contributed by atoms with van der Waals surface area (Å²) in [4.78, 5) is 0. The van der Waals surface area contributed by atoms with Gasteiger partial charge in [0.1, 0.15) is 23.7 Å². The lowest BCUT2D eigenvalue weighted by molar-refractivity contribution is 0.149.